The van der Waals surface area contributed by atoms with Gasteiger partial charge in [-0.2, -0.15) is 5.10 Å². The molecule has 0 unspecified atom stereocenters. The van der Waals surface area contributed by atoms with E-state index in [-0.39, 0.29) is 52.7 Å². The van der Waals surface area contributed by atoms with Gasteiger partial charge in [-0.05, 0) is 18.2 Å². The number of hydrogen-bond acceptors (Lipinski definition) is 8. The van der Waals surface area contributed by atoms with E-state index in [4.69, 9.17) is 0 Å². The molecule has 0 aliphatic rings. The third-order valence-corrected chi connectivity index (χ3v) is 6.46. The summed E-state index contributed by atoms with van der Waals surface area (Å²) in [6.07, 6.45) is 1.47. The number of carbonyl (C=O) groups excluding carboxylic acids is 1. The van der Waals surface area contributed by atoms with Gasteiger partial charge in [-0.3, -0.25) is 4.98 Å². The van der Waals surface area contributed by atoms with Crippen LogP contribution >= 0.6 is 0 Å². The van der Waals surface area contributed by atoms with Gasteiger partial charge in [0.2, 0.25) is 5.88 Å². The zero-order valence-corrected chi connectivity index (χ0v) is 24.0. The van der Waals surface area contributed by atoms with Crippen LogP contribution in [0.1, 0.15) is 36.8 Å². The van der Waals surface area contributed by atoms with Crippen LogP contribution in [0.4, 0.5) is 11.4 Å². The van der Waals surface area contributed by atoms with Gasteiger partial charge in [0.15, 0.2) is 5.69 Å². The predicted molar refractivity (Wildman–Crippen MR) is 131 cm³/mol. The average molecular weight is 557 g/mol. The quantitative estimate of drug-likeness (QED) is 0.261. The molecule has 0 saturated heterocycles. The van der Waals surface area contributed by atoms with Crippen molar-refractivity contribution in [2.45, 2.75) is 31.1 Å². The van der Waals surface area contributed by atoms with Gasteiger partial charge >= 0.3 is 0 Å². The van der Waals surface area contributed by atoms with Gasteiger partial charge in [0.05, 0.1) is 27.7 Å². The van der Waals surface area contributed by atoms with Gasteiger partial charge in [0.1, 0.15) is 10.0 Å². The molecule has 36 heavy (non-hydrogen) atoms. The van der Waals surface area contributed by atoms with E-state index in [0.29, 0.717) is 11.1 Å². The second kappa shape index (κ2) is 10.2. The minimum Gasteiger partial charge on any atom is -0.537 e. The van der Waals surface area contributed by atoms with Crippen LogP contribution in [0, 0.1) is 0 Å². The second-order valence-electron chi connectivity index (χ2n) is 8.81. The first kappa shape index (κ1) is 27.1. The summed E-state index contributed by atoms with van der Waals surface area (Å²) in [6, 6.07) is 14.1. The number of nitrogens with zero attached hydrogens (tertiary/aromatic N) is 6. The molecule has 0 saturated carbocycles. The number of aromatic hydroxyl groups is 1. The number of aryl methyl sites for hydroxylation is 1. The number of azo groups is 1. The summed E-state index contributed by atoms with van der Waals surface area (Å²) in [6.45, 7) is 5.74. The van der Waals surface area contributed by atoms with E-state index in [2.05, 4.69) is 25.0 Å². The molecule has 2 aromatic heterocycles. The van der Waals surface area contributed by atoms with Crippen molar-refractivity contribution in [1.29, 1.82) is 0 Å². The third-order valence-electron chi connectivity index (χ3n) is 5.17. The zero-order valence-electron chi connectivity index (χ0n) is 20.2. The Labute approximate surface area is 221 Å². The summed E-state index contributed by atoms with van der Waals surface area (Å²) in [5.41, 5.74) is 0.498. The van der Waals surface area contributed by atoms with E-state index < -0.39 is 21.3 Å². The molecule has 0 fully saturated rings. The molecule has 4 rings (SSSR count). The molecule has 0 radical (unpaired) electrons. The fourth-order valence-electron chi connectivity index (χ4n) is 3.44. The number of aromatic nitrogens is 3. The van der Waals surface area contributed by atoms with E-state index in [0.717, 1.165) is 0 Å². The summed E-state index contributed by atoms with van der Waals surface area (Å²) in [4.78, 5) is 16.9. The SMILES string of the molecule is Cn1nc(C(C)(C)C)c(N=Nc2ccccc2C(=O)[N-]S(=O)(=O)c2cccc3cccnc23)c1O.[Zn]. The Bertz CT molecular complexity index is 1570. The number of carbonyl (C=O) groups is 1. The Balaban J connectivity index is 0.00000361. The summed E-state index contributed by atoms with van der Waals surface area (Å²) in [5, 5.41) is 23.6. The van der Waals surface area contributed by atoms with Gasteiger partial charge in [0.25, 0.3) is 0 Å². The number of hydrogen-bond donors (Lipinski definition) is 1. The molecule has 1 N–H and O–H groups in total. The minimum atomic E-state index is -4.36. The van der Waals surface area contributed by atoms with Gasteiger partial charge in [-0.25, -0.2) is 13.1 Å². The van der Waals surface area contributed by atoms with E-state index in [9.17, 15) is 18.3 Å². The van der Waals surface area contributed by atoms with E-state index in [1.165, 1.54) is 29.1 Å². The molecule has 0 aliphatic heterocycles. The Morgan fingerprint density at radius 3 is 2.44 bits per heavy atom. The molecule has 0 bridgehead atoms. The summed E-state index contributed by atoms with van der Waals surface area (Å²) < 4.78 is 30.8. The Morgan fingerprint density at radius 1 is 1.03 bits per heavy atom. The first-order valence-corrected chi connectivity index (χ1v) is 12.1. The van der Waals surface area contributed by atoms with Crippen LogP contribution in [0.25, 0.3) is 15.6 Å². The van der Waals surface area contributed by atoms with Gasteiger partial charge in [-0.15, -0.1) is 10.2 Å². The second-order valence-corrected chi connectivity index (χ2v) is 10.4. The van der Waals surface area contributed by atoms with Crippen molar-refractivity contribution in [3.05, 3.63) is 76.8 Å². The number of sulfonamides is 1. The molecule has 2 aromatic carbocycles. The van der Waals surface area contributed by atoms with Crippen LogP contribution in [-0.4, -0.2) is 34.2 Å². The number of pyridine rings is 1. The third kappa shape index (κ3) is 5.34. The molecular weight excluding hydrogens is 534 g/mol. The van der Waals surface area contributed by atoms with Crippen molar-refractivity contribution in [2.75, 3.05) is 0 Å². The summed E-state index contributed by atoms with van der Waals surface area (Å²) in [7, 11) is -2.78. The molecule has 1 amide bonds. The van der Waals surface area contributed by atoms with Crippen molar-refractivity contribution in [3.8, 4) is 5.88 Å². The molecular formula is C24H23N6O4SZn-. The maximum absolute atomic E-state index is 13.0. The molecule has 0 atom stereocenters. The topological polar surface area (TPSA) is 141 Å². The van der Waals surface area contributed by atoms with Crippen LogP contribution in [0.2, 0.25) is 0 Å². The number of amides is 1. The smallest absolute Gasteiger partial charge is 0.238 e. The van der Waals surface area contributed by atoms with Crippen molar-refractivity contribution in [3.63, 3.8) is 0 Å². The van der Waals surface area contributed by atoms with Gasteiger partial charge in [0, 0.05) is 49.1 Å². The van der Waals surface area contributed by atoms with Crippen LogP contribution in [-0.2, 0) is 42.0 Å². The first-order chi connectivity index (χ1) is 16.5. The zero-order chi connectivity index (χ0) is 25.4. The summed E-state index contributed by atoms with van der Waals surface area (Å²) in [5.74, 6) is -1.18. The van der Waals surface area contributed by atoms with E-state index in [1.807, 2.05) is 20.8 Å². The van der Waals surface area contributed by atoms with Crippen molar-refractivity contribution in [2.24, 2.45) is 17.3 Å². The Hall–Kier alpha value is -3.50. The summed E-state index contributed by atoms with van der Waals surface area (Å²) >= 11 is 0. The minimum absolute atomic E-state index is 0. The first-order valence-electron chi connectivity index (χ1n) is 10.6. The Morgan fingerprint density at radius 2 is 1.72 bits per heavy atom. The van der Waals surface area contributed by atoms with Crippen molar-refractivity contribution >= 4 is 38.2 Å². The van der Waals surface area contributed by atoms with Crippen molar-refractivity contribution in [1.82, 2.24) is 14.8 Å². The molecule has 12 heteroatoms. The molecule has 0 spiro atoms. The van der Waals surface area contributed by atoms with E-state index in [1.54, 1.807) is 43.4 Å². The molecule has 0 aliphatic carbocycles. The van der Waals surface area contributed by atoms with Gasteiger partial charge in [-0.1, -0.05) is 57.2 Å². The maximum atomic E-state index is 13.0. The fraction of sp³-hybridized carbons (Fsp3) is 0.208. The normalized spacial score (nSPS) is 12.0. The Kier molecular flexibility index (Phi) is 7.71. The van der Waals surface area contributed by atoms with Crippen LogP contribution in [0.5, 0.6) is 5.88 Å². The average Bonchev–Trinajstić information content (AvgIpc) is 3.11. The largest absolute Gasteiger partial charge is 0.537 e. The van der Waals surface area contributed by atoms with E-state index >= 15 is 0 Å². The predicted octanol–water partition coefficient (Wildman–Crippen LogP) is 5.29. The fourth-order valence-corrected chi connectivity index (χ4v) is 4.52. The van der Waals surface area contributed by atoms with Crippen LogP contribution < -0.4 is 0 Å². The number of para-hydroxylation sites is 1. The van der Waals surface area contributed by atoms with Crippen LogP contribution in [0.3, 0.4) is 0 Å². The monoisotopic (exact) mass is 555 g/mol. The molecule has 2 heterocycles. The van der Waals surface area contributed by atoms with Crippen LogP contribution in [0.15, 0.2) is 75.9 Å². The number of benzene rings is 2. The molecule has 10 nitrogen and oxygen atoms in total. The standard InChI is InChI=1S/C24H24N6O4S.Zn/c1-24(2,3)21-20(23(32)30(4)28-21)27-26-17-12-6-5-11-16(17)22(31)29-35(33,34)18-13-7-9-15-10-8-14-25-19(15)18;/h5-14H,1-4H3,(H2,26,28,29,31,32);/p-1. The van der Waals surface area contributed by atoms with Gasteiger partial charge < -0.3 is 14.6 Å². The number of rotatable bonds is 5. The maximum Gasteiger partial charge on any atom is 0.238 e. The molecule has 182 valence electrons. The van der Waals surface area contributed by atoms with Crippen molar-refractivity contribution < 1.29 is 37.8 Å². The molecule has 4 aromatic rings. The number of fused-ring (bicyclic) bond motifs is 1.